The molecule has 3 nitrogen and oxygen atoms in total. The highest BCUT2D eigenvalue weighted by Gasteiger charge is 2.38. The van der Waals surface area contributed by atoms with Gasteiger partial charge in [0.25, 0.3) is 0 Å². The van der Waals surface area contributed by atoms with Crippen molar-refractivity contribution in [2.45, 2.75) is 73.4 Å². The Bertz CT molecular complexity index is 450. The van der Waals surface area contributed by atoms with Crippen LogP contribution in [-0.2, 0) is 14.3 Å². The summed E-state index contributed by atoms with van der Waals surface area (Å²) in [5.74, 6) is 2.04. The Morgan fingerprint density at radius 2 is 2.26 bits per heavy atom. The summed E-state index contributed by atoms with van der Waals surface area (Å²) < 4.78 is 11.5. The molecule has 0 bridgehead atoms. The van der Waals surface area contributed by atoms with Gasteiger partial charge in [0.15, 0.2) is 0 Å². The van der Waals surface area contributed by atoms with E-state index in [1.807, 2.05) is 0 Å². The van der Waals surface area contributed by atoms with Gasteiger partial charge in [-0.1, -0.05) is 34.9 Å². The summed E-state index contributed by atoms with van der Waals surface area (Å²) in [6.45, 7) is 3.44. The summed E-state index contributed by atoms with van der Waals surface area (Å²) in [5, 5.41) is -0.525. The van der Waals surface area contributed by atoms with Crippen molar-refractivity contribution < 1.29 is 14.3 Å². The van der Waals surface area contributed by atoms with Gasteiger partial charge in [0.1, 0.15) is 6.10 Å². The predicted molar refractivity (Wildman–Crippen MR) is 98.3 cm³/mol. The topological polar surface area (TPSA) is 35.5 Å². The number of hydrogen-bond acceptors (Lipinski definition) is 3. The lowest BCUT2D eigenvalue weighted by molar-refractivity contribution is -0.149. The summed E-state index contributed by atoms with van der Waals surface area (Å²) in [4.78, 5) is 11.6. The van der Waals surface area contributed by atoms with E-state index in [-0.39, 0.29) is 33.8 Å². The number of carbonyl (C=O) groups excluding carboxylic acids is 1. The molecule has 1 aliphatic rings. The first-order valence-electron chi connectivity index (χ1n) is 7.75. The van der Waals surface area contributed by atoms with Gasteiger partial charge in [-0.2, -0.15) is 0 Å². The van der Waals surface area contributed by atoms with Crippen LogP contribution in [0.5, 0.6) is 0 Å². The molecule has 0 aliphatic carbocycles. The Kier molecular flexibility index (Phi) is 9.61. The summed E-state index contributed by atoms with van der Waals surface area (Å²) in [7, 11) is 0. The maximum atomic E-state index is 11.4. The Morgan fingerprint density at radius 1 is 1.57 bits per heavy atom. The van der Waals surface area contributed by atoms with E-state index in [2.05, 4.69) is 28.8 Å². The van der Waals surface area contributed by atoms with Gasteiger partial charge in [0.05, 0.1) is 23.0 Å². The second-order valence-electron chi connectivity index (χ2n) is 5.59. The third-order valence-corrected chi connectivity index (χ3v) is 5.65. The third kappa shape index (κ3) is 7.05. The van der Waals surface area contributed by atoms with Crippen molar-refractivity contribution >= 4 is 45.1 Å². The van der Waals surface area contributed by atoms with Gasteiger partial charge >= 0.3 is 5.97 Å². The molecule has 1 rings (SSSR count). The lowest BCUT2D eigenvalue weighted by Crippen LogP contribution is -2.45. The monoisotopic (exact) mass is 424 g/mol. The first kappa shape index (κ1) is 20.8. The van der Waals surface area contributed by atoms with Crippen molar-refractivity contribution in [3.8, 4) is 12.3 Å². The van der Waals surface area contributed by atoms with Gasteiger partial charge in [-0.05, 0) is 25.3 Å². The fourth-order valence-electron chi connectivity index (χ4n) is 2.60. The fourth-order valence-corrected chi connectivity index (χ4v) is 4.33. The van der Waals surface area contributed by atoms with Gasteiger partial charge in [-0.3, -0.25) is 4.79 Å². The van der Waals surface area contributed by atoms with Crippen LogP contribution >= 0.6 is 39.1 Å². The molecule has 6 atom stereocenters. The number of halogens is 3. The number of terminal acetylenes is 1. The second kappa shape index (κ2) is 10.6. The number of ether oxygens (including phenoxy) is 2. The zero-order valence-corrected chi connectivity index (χ0v) is 16.5. The molecule has 0 saturated carbocycles. The highest BCUT2D eigenvalue weighted by atomic mass is 79.9. The fraction of sp³-hybridized carbons (Fsp3) is 0.706. The highest BCUT2D eigenvalue weighted by Crippen LogP contribution is 2.34. The molecule has 0 N–H and O–H groups in total. The smallest absolute Gasteiger partial charge is 0.302 e. The maximum Gasteiger partial charge on any atom is 0.302 e. The van der Waals surface area contributed by atoms with Gasteiger partial charge in [0.2, 0.25) is 0 Å². The molecule has 1 aliphatic heterocycles. The van der Waals surface area contributed by atoms with Crippen molar-refractivity contribution in [2.75, 3.05) is 0 Å². The van der Waals surface area contributed by atoms with Gasteiger partial charge in [-0.25, -0.2) is 0 Å². The number of hydrogen-bond donors (Lipinski definition) is 0. The molecule has 0 aromatic rings. The highest BCUT2D eigenvalue weighted by molar-refractivity contribution is 9.09. The first-order valence-corrected chi connectivity index (χ1v) is 9.53. The van der Waals surface area contributed by atoms with Gasteiger partial charge in [-0.15, -0.1) is 29.6 Å². The van der Waals surface area contributed by atoms with Crippen LogP contribution in [0.4, 0.5) is 0 Å². The molecule has 0 radical (unpaired) electrons. The lowest BCUT2D eigenvalue weighted by atomic mass is 9.96. The van der Waals surface area contributed by atoms with Crippen molar-refractivity contribution in [1.29, 1.82) is 0 Å². The zero-order valence-electron chi connectivity index (χ0n) is 13.4. The number of alkyl halides is 3. The van der Waals surface area contributed by atoms with Crippen molar-refractivity contribution in [3.05, 3.63) is 12.2 Å². The summed E-state index contributed by atoms with van der Waals surface area (Å²) in [6, 6.07) is 0. The molecular weight excluding hydrogens is 403 g/mol. The molecule has 130 valence electrons. The Labute approximate surface area is 157 Å². The minimum Gasteiger partial charge on any atom is -0.461 e. The molecule has 1 saturated heterocycles. The van der Waals surface area contributed by atoms with Crippen LogP contribution in [0.15, 0.2) is 12.2 Å². The second-order valence-corrected chi connectivity index (χ2v) is 7.89. The van der Waals surface area contributed by atoms with E-state index < -0.39 is 6.10 Å². The van der Waals surface area contributed by atoms with Gasteiger partial charge in [0, 0.05) is 18.2 Å². The summed E-state index contributed by atoms with van der Waals surface area (Å²) in [6.07, 6.45) is 10.7. The minimum atomic E-state index is -0.466. The maximum absolute atomic E-state index is 11.4. The summed E-state index contributed by atoms with van der Waals surface area (Å²) in [5.41, 5.74) is 0. The van der Waals surface area contributed by atoms with E-state index in [0.29, 0.717) is 12.8 Å². The van der Waals surface area contributed by atoms with E-state index >= 15 is 0 Å². The largest absolute Gasteiger partial charge is 0.461 e. The molecule has 0 aromatic carbocycles. The average Bonchev–Trinajstić information content (AvgIpc) is 2.48. The van der Waals surface area contributed by atoms with Crippen LogP contribution in [0, 0.1) is 12.3 Å². The molecule has 23 heavy (non-hydrogen) atoms. The van der Waals surface area contributed by atoms with E-state index in [1.165, 1.54) is 6.92 Å². The Morgan fingerprint density at radius 3 is 2.83 bits per heavy atom. The Balaban J connectivity index is 2.73. The molecule has 0 amide bonds. The predicted octanol–water partition coefficient (Wildman–Crippen LogP) is 4.43. The molecule has 1 heterocycles. The van der Waals surface area contributed by atoms with E-state index in [9.17, 15) is 4.79 Å². The van der Waals surface area contributed by atoms with Crippen LogP contribution < -0.4 is 0 Å². The van der Waals surface area contributed by atoms with E-state index in [1.54, 1.807) is 12.2 Å². The van der Waals surface area contributed by atoms with Crippen LogP contribution in [0.2, 0.25) is 0 Å². The average molecular weight is 426 g/mol. The van der Waals surface area contributed by atoms with Crippen LogP contribution in [0.1, 0.15) is 39.5 Å². The van der Waals surface area contributed by atoms with Crippen LogP contribution in [0.3, 0.4) is 0 Å². The molecule has 0 spiro atoms. The lowest BCUT2D eigenvalue weighted by Gasteiger charge is -2.38. The van der Waals surface area contributed by atoms with E-state index in [4.69, 9.17) is 39.1 Å². The SMILES string of the molecule is C#C/C=C/C[C@@H](Cl)[C@H](C[C@H]1O[C@@H](CC)[C@H](Br)C[C@H]1Cl)OC(C)=O. The van der Waals surface area contributed by atoms with Crippen molar-refractivity contribution in [2.24, 2.45) is 0 Å². The summed E-state index contributed by atoms with van der Waals surface area (Å²) >= 11 is 16.4. The molecule has 0 aromatic heterocycles. The quantitative estimate of drug-likeness (QED) is 0.343. The van der Waals surface area contributed by atoms with Crippen LogP contribution in [-0.4, -0.2) is 39.9 Å². The number of carbonyl (C=O) groups is 1. The standard InChI is InChI=1S/C17H23BrCl2O3/c1-4-6-7-8-13(19)16(22-11(3)21)10-17-14(20)9-12(18)15(5-2)23-17/h1,6-7,12-17H,5,8-10H2,2-3H3/b7-6+/t12-,13-,14-,15+,16+,17-/m1/s1. The first-order chi connectivity index (χ1) is 10.9. The van der Waals surface area contributed by atoms with Crippen molar-refractivity contribution in [1.82, 2.24) is 0 Å². The molecule has 1 fully saturated rings. The van der Waals surface area contributed by atoms with Crippen molar-refractivity contribution in [3.63, 3.8) is 0 Å². The van der Waals surface area contributed by atoms with Gasteiger partial charge < -0.3 is 9.47 Å². The van der Waals surface area contributed by atoms with Crippen LogP contribution in [0.25, 0.3) is 0 Å². The number of esters is 1. The minimum absolute atomic E-state index is 0.100. The normalized spacial score (nSPS) is 30.6. The molecule has 0 unspecified atom stereocenters. The molecule has 6 heteroatoms. The Hall–Kier alpha value is -0.210. The third-order valence-electron chi connectivity index (χ3n) is 3.77. The number of allylic oxidation sites excluding steroid dienone is 2. The zero-order chi connectivity index (χ0) is 17.4. The number of rotatable bonds is 7. The van der Waals surface area contributed by atoms with E-state index in [0.717, 1.165) is 12.8 Å². The molecular formula is C17H23BrCl2O3.